The van der Waals surface area contributed by atoms with Crippen molar-refractivity contribution in [3.63, 3.8) is 0 Å². The van der Waals surface area contributed by atoms with Gasteiger partial charge in [-0.05, 0) is 55.0 Å². The molecule has 6 heteroatoms. The predicted octanol–water partition coefficient (Wildman–Crippen LogP) is 4.58. The summed E-state index contributed by atoms with van der Waals surface area (Å²) >= 11 is 3.37. The second-order valence-electron chi connectivity index (χ2n) is 5.13. The number of ether oxygens (including phenoxy) is 1. The lowest BCUT2D eigenvalue weighted by Gasteiger charge is -2.05. The molecule has 5 nitrogen and oxygen atoms in total. The molecule has 0 aliphatic carbocycles. The highest BCUT2D eigenvalue weighted by molar-refractivity contribution is 9.10. The average molecular weight is 387 g/mol. The van der Waals surface area contributed by atoms with Crippen LogP contribution in [0.3, 0.4) is 0 Å². The second kappa shape index (κ2) is 7.31. The fraction of sp³-hybridized carbons (Fsp3) is 0.111. The minimum absolute atomic E-state index is 0.217. The van der Waals surface area contributed by atoms with Gasteiger partial charge in [0.05, 0.1) is 0 Å². The maximum Gasteiger partial charge on any atom is 0.292 e. The van der Waals surface area contributed by atoms with Crippen LogP contribution in [0.15, 0.2) is 63.6 Å². The van der Waals surface area contributed by atoms with E-state index in [1.54, 1.807) is 18.3 Å². The average Bonchev–Trinajstić information content (AvgIpc) is 3.06. The molecule has 0 spiro atoms. The van der Waals surface area contributed by atoms with E-state index in [1.807, 2.05) is 43.3 Å². The highest BCUT2D eigenvalue weighted by Crippen LogP contribution is 2.18. The Morgan fingerprint density at radius 1 is 1.21 bits per heavy atom. The van der Waals surface area contributed by atoms with Crippen LogP contribution in [0.25, 0.3) is 0 Å². The Labute approximate surface area is 147 Å². The van der Waals surface area contributed by atoms with Crippen LogP contribution in [-0.2, 0) is 6.61 Å². The third-order valence-corrected chi connectivity index (χ3v) is 3.85. The Hall–Kier alpha value is -2.60. The van der Waals surface area contributed by atoms with Crippen molar-refractivity contribution in [2.45, 2.75) is 13.5 Å². The number of furan rings is 1. The zero-order chi connectivity index (χ0) is 16.9. The third kappa shape index (κ3) is 4.02. The van der Waals surface area contributed by atoms with Crippen LogP contribution in [0.2, 0.25) is 0 Å². The molecule has 122 valence electrons. The largest absolute Gasteiger partial charge is 0.486 e. The zero-order valence-corrected chi connectivity index (χ0v) is 14.5. The first-order valence-electron chi connectivity index (χ1n) is 7.32. The summed E-state index contributed by atoms with van der Waals surface area (Å²) in [5, 5.41) is 2.73. The van der Waals surface area contributed by atoms with Crippen LogP contribution in [0.5, 0.6) is 5.75 Å². The van der Waals surface area contributed by atoms with Gasteiger partial charge in [0.2, 0.25) is 0 Å². The molecule has 0 atom stereocenters. The molecule has 0 unspecified atom stereocenters. The topological polar surface area (TPSA) is 64.4 Å². The summed E-state index contributed by atoms with van der Waals surface area (Å²) in [7, 11) is 0. The van der Waals surface area contributed by atoms with Crippen LogP contribution in [0, 0.1) is 6.92 Å². The lowest BCUT2D eigenvalue weighted by Crippen LogP contribution is -2.13. The number of rotatable bonds is 5. The summed E-state index contributed by atoms with van der Waals surface area (Å²) in [6.07, 6.45) is 1.63. The van der Waals surface area contributed by atoms with Gasteiger partial charge >= 0.3 is 0 Å². The molecule has 0 fully saturated rings. The van der Waals surface area contributed by atoms with Crippen molar-refractivity contribution in [3.8, 4) is 5.75 Å². The van der Waals surface area contributed by atoms with E-state index in [0.29, 0.717) is 11.6 Å². The van der Waals surface area contributed by atoms with Crippen molar-refractivity contribution in [1.82, 2.24) is 4.98 Å². The van der Waals surface area contributed by atoms with Gasteiger partial charge in [-0.25, -0.2) is 4.98 Å². The number of nitrogens with one attached hydrogen (secondary N) is 1. The first-order chi connectivity index (χ1) is 11.6. The molecule has 2 heterocycles. The van der Waals surface area contributed by atoms with E-state index >= 15 is 0 Å². The molecule has 2 aromatic heterocycles. The number of hydrogen-bond acceptors (Lipinski definition) is 4. The lowest BCUT2D eigenvalue weighted by atomic mass is 10.3. The van der Waals surface area contributed by atoms with E-state index in [4.69, 9.17) is 9.15 Å². The van der Waals surface area contributed by atoms with Crippen molar-refractivity contribution < 1.29 is 13.9 Å². The number of aryl methyl sites for hydroxylation is 1. The van der Waals surface area contributed by atoms with Gasteiger partial charge in [0, 0.05) is 10.7 Å². The van der Waals surface area contributed by atoms with Crippen LogP contribution in [-0.4, -0.2) is 10.9 Å². The molecule has 1 amide bonds. The molecule has 0 aliphatic rings. The van der Waals surface area contributed by atoms with E-state index in [9.17, 15) is 4.79 Å². The highest BCUT2D eigenvalue weighted by atomic mass is 79.9. The van der Waals surface area contributed by atoms with Crippen molar-refractivity contribution in [3.05, 3.63) is 76.3 Å². The number of benzene rings is 1. The van der Waals surface area contributed by atoms with Gasteiger partial charge in [-0.2, -0.15) is 0 Å². The molecule has 3 rings (SSSR count). The monoisotopic (exact) mass is 386 g/mol. The molecule has 1 aromatic carbocycles. The van der Waals surface area contributed by atoms with Crippen molar-refractivity contribution in [2.24, 2.45) is 0 Å². The molecule has 3 aromatic rings. The minimum atomic E-state index is -0.341. The van der Waals surface area contributed by atoms with Crippen LogP contribution >= 0.6 is 15.9 Å². The molecule has 0 radical (unpaired) electrons. The summed E-state index contributed by atoms with van der Waals surface area (Å²) in [6.45, 7) is 2.12. The van der Waals surface area contributed by atoms with Gasteiger partial charge in [0.1, 0.15) is 23.9 Å². The van der Waals surface area contributed by atoms with Gasteiger partial charge in [0.25, 0.3) is 5.91 Å². The van der Waals surface area contributed by atoms with Crippen LogP contribution < -0.4 is 10.1 Å². The number of amides is 1. The van der Waals surface area contributed by atoms with Crippen molar-refractivity contribution in [1.29, 1.82) is 0 Å². The number of halogens is 1. The molecule has 24 heavy (non-hydrogen) atoms. The summed E-state index contributed by atoms with van der Waals surface area (Å²) in [4.78, 5) is 16.3. The predicted molar refractivity (Wildman–Crippen MR) is 94.1 cm³/mol. The second-order valence-corrected chi connectivity index (χ2v) is 6.05. The number of hydrogen-bond donors (Lipinski definition) is 1. The Balaban J connectivity index is 1.61. The van der Waals surface area contributed by atoms with Gasteiger partial charge < -0.3 is 14.5 Å². The third-order valence-electron chi connectivity index (χ3n) is 3.32. The molecule has 0 bridgehead atoms. The summed E-state index contributed by atoms with van der Waals surface area (Å²) < 4.78 is 12.1. The van der Waals surface area contributed by atoms with Crippen LogP contribution in [0.4, 0.5) is 5.82 Å². The summed E-state index contributed by atoms with van der Waals surface area (Å²) in [5.74, 6) is 1.69. The minimum Gasteiger partial charge on any atom is -0.486 e. The number of carbonyl (C=O) groups excluding carboxylic acids is 1. The Morgan fingerprint density at radius 2 is 2.00 bits per heavy atom. The summed E-state index contributed by atoms with van der Waals surface area (Å²) in [5.41, 5.74) is 0.885. The van der Waals surface area contributed by atoms with Crippen molar-refractivity contribution >= 4 is 27.7 Å². The van der Waals surface area contributed by atoms with E-state index < -0.39 is 0 Å². The van der Waals surface area contributed by atoms with Crippen molar-refractivity contribution in [2.75, 3.05) is 5.32 Å². The number of anilines is 1. The molecular formula is C18H15BrN2O3. The Morgan fingerprint density at radius 3 is 2.75 bits per heavy atom. The van der Waals surface area contributed by atoms with Gasteiger partial charge in [0.15, 0.2) is 5.76 Å². The number of nitrogens with zero attached hydrogens (tertiary/aromatic N) is 1. The summed E-state index contributed by atoms with van der Waals surface area (Å²) in [6, 6.07) is 14.5. The van der Waals surface area contributed by atoms with Crippen LogP contribution in [0.1, 0.15) is 21.9 Å². The van der Waals surface area contributed by atoms with E-state index in [2.05, 4.69) is 26.2 Å². The van der Waals surface area contributed by atoms with E-state index in [-0.39, 0.29) is 18.3 Å². The normalized spacial score (nSPS) is 10.4. The molecule has 1 N–H and O–H groups in total. The van der Waals surface area contributed by atoms with Gasteiger partial charge in [-0.1, -0.05) is 22.0 Å². The Bertz CT molecular complexity index is 843. The number of pyridine rings is 1. The maximum atomic E-state index is 12.2. The number of aromatic nitrogens is 1. The number of carbonyl (C=O) groups is 1. The molecule has 0 aliphatic heterocycles. The fourth-order valence-corrected chi connectivity index (χ4v) is 2.31. The fourth-order valence-electron chi connectivity index (χ4n) is 2.05. The highest BCUT2D eigenvalue weighted by Gasteiger charge is 2.13. The zero-order valence-electron chi connectivity index (χ0n) is 13.0. The van der Waals surface area contributed by atoms with E-state index in [1.165, 1.54) is 0 Å². The first kappa shape index (κ1) is 16.3. The smallest absolute Gasteiger partial charge is 0.292 e. The lowest BCUT2D eigenvalue weighted by molar-refractivity contribution is 0.0992. The van der Waals surface area contributed by atoms with Gasteiger partial charge in [-0.15, -0.1) is 0 Å². The molecule has 0 saturated heterocycles. The Kier molecular flexibility index (Phi) is 4.96. The SMILES string of the molecule is Cc1cccnc1NC(=O)c1ccc(COc2ccc(Br)cc2)o1. The van der Waals surface area contributed by atoms with E-state index in [0.717, 1.165) is 15.8 Å². The first-order valence-corrected chi connectivity index (χ1v) is 8.11. The molecule has 0 saturated carbocycles. The van der Waals surface area contributed by atoms with Gasteiger partial charge in [-0.3, -0.25) is 4.79 Å². The maximum absolute atomic E-state index is 12.2. The standard InChI is InChI=1S/C18H15BrN2O3/c1-12-3-2-10-20-17(12)21-18(22)16-9-8-15(24-16)11-23-14-6-4-13(19)5-7-14/h2-10H,11H2,1H3,(H,20,21,22). The molecular weight excluding hydrogens is 372 g/mol. The quantitative estimate of drug-likeness (QED) is 0.696.